The van der Waals surface area contributed by atoms with Gasteiger partial charge < -0.3 is 14.6 Å². The molecule has 1 aliphatic rings. The van der Waals surface area contributed by atoms with Crippen LogP contribution in [0.2, 0.25) is 0 Å². The molecule has 164 valence electrons. The summed E-state index contributed by atoms with van der Waals surface area (Å²) < 4.78 is 43.6. The van der Waals surface area contributed by atoms with Gasteiger partial charge in [0.15, 0.2) is 0 Å². The van der Waals surface area contributed by atoms with Crippen LogP contribution in [-0.4, -0.2) is 42.0 Å². The van der Waals surface area contributed by atoms with Gasteiger partial charge in [0.05, 0.1) is 6.04 Å². The van der Waals surface area contributed by atoms with Gasteiger partial charge in [-0.1, -0.05) is 30.3 Å². The third-order valence-electron chi connectivity index (χ3n) is 5.17. The van der Waals surface area contributed by atoms with Crippen molar-refractivity contribution in [2.45, 2.75) is 12.4 Å². The molecule has 30 heavy (non-hydrogen) atoms. The predicted octanol–water partition coefficient (Wildman–Crippen LogP) is 4.92. The minimum absolute atomic E-state index is 0. The molecule has 1 aromatic heterocycles. The first-order valence-electron chi connectivity index (χ1n) is 9.27. The molecule has 0 bridgehead atoms. The number of alkyl halides is 3. The molecule has 9 heteroatoms. The molecule has 1 aliphatic heterocycles. The van der Waals surface area contributed by atoms with E-state index in [4.69, 9.17) is 0 Å². The first-order valence-corrected chi connectivity index (χ1v) is 9.27. The van der Waals surface area contributed by atoms with Gasteiger partial charge in [0.2, 0.25) is 0 Å². The van der Waals surface area contributed by atoms with E-state index in [1.165, 1.54) is 12.1 Å². The van der Waals surface area contributed by atoms with Crippen molar-refractivity contribution in [3.05, 3.63) is 65.9 Å². The number of aromatic nitrogens is 1. The second kappa shape index (κ2) is 9.92. The van der Waals surface area contributed by atoms with Gasteiger partial charge in [-0.15, -0.1) is 38.0 Å². The summed E-state index contributed by atoms with van der Waals surface area (Å²) in [5.41, 5.74) is 3.24. The number of benzene rings is 2. The molecule has 4 rings (SSSR count). The van der Waals surface area contributed by atoms with Crippen molar-refractivity contribution in [2.24, 2.45) is 7.05 Å². The number of hydrogen-bond acceptors (Lipinski definition) is 3. The Morgan fingerprint density at radius 1 is 0.967 bits per heavy atom. The molecule has 0 aliphatic carbocycles. The average molecular weight is 462 g/mol. The Labute approximate surface area is 185 Å². The Bertz CT molecular complexity index is 954. The minimum atomic E-state index is -4.69. The van der Waals surface area contributed by atoms with Gasteiger partial charge in [0, 0.05) is 50.3 Å². The molecule has 2 aromatic carbocycles. The van der Waals surface area contributed by atoms with E-state index in [9.17, 15) is 13.2 Å². The van der Waals surface area contributed by atoms with Crippen molar-refractivity contribution in [3.8, 4) is 5.75 Å². The molecule has 0 saturated carbocycles. The fourth-order valence-corrected chi connectivity index (χ4v) is 3.97. The lowest BCUT2D eigenvalue weighted by Crippen LogP contribution is -2.45. The highest BCUT2D eigenvalue weighted by atomic mass is 35.5. The van der Waals surface area contributed by atoms with Gasteiger partial charge in [0.25, 0.3) is 0 Å². The monoisotopic (exact) mass is 461 g/mol. The van der Waals surface area contributed by atoms with E-state index in [0.717, 1.165) is 48.2 Å². The van der Waals surface area contributed by atoms with Gasteiger partial charge in [-0.2, -0.15) is 0 Å². The number of ether oxygens (including phenoxy) is 1. The van der Waals surface area contributed by atoms with Crippen LogP contribution in [0, 0.1) is 0 Å². The molecule has 4 nitrogen and oxygen atoms in total. The Hall–Kier alpha value is -1.93. The summed E-state index contributed by atoms with van der Waals surface area (Å²) in [4.78, 5) is 2.37. The zero-order valence-corrected chi connectivity index (χ0v) is 18.0. The second-order valence-corrected chi connectivity index (χ2v) is 7.02. The van der Waals surface area contributed by atoms with Crippen LogP contribution in [0.1, 0.15) is 17.2 Å². The zero-order valence-electron chi connectivity index (χ0n) is 16.4. The normalized spacial score (nSPS) is 15.9. The number of para-hydroxylation sites is 1. The maximum absolute atomic E-state index is 12.5. The first kappa shape index (κ1) is 24.3. The molecule has 1 fully saturated rings. The van der Waals surface area contributed by atoms with Crippen molar-refractivity contribution in [1.29, 1.82) is 0 Å². The molecule has 1 saturated heterocycles. The molecule has 3 aromatic rings. The van der Waals surface area contributed by atoms with Crippen LogP contribution in [0.3, 0.4) is 0 Å². The topological polar surface area (TPSA) is 29.4 Å². The van der Waals surface area contributed by atoms with Crippen molar-refractivity contribution in [3.63, 3.8) is 0 Å². The fourth-order valence-electron chi connectivity index (χ4n) is 3.97. The molecule has 0 radical (unpaired) electrons. The van der Waals surface area contributed by atoms with Gasteiger partial charge in [-0.3, -0.25) is 4.90 Å². The van der Waals surface area contributed by atoms with Gasteiger partial charge in [-0.25, -0.2) is 0 Å². The Morgan fingerprint density at radius 2 is 1.60 bits per heavy atom. The third-order valence-corrected chi connectivity index (χ3v) is 5.17. The van der Waals surface area contributed by atoms with Crippen LogP contribution in [0.15, 0.2) is 54.7 Å². The van der Waals surface area contributed by atoms with E-state index in [1.807, 2.05) is 19.2 Å². The molecule has 1 atom stereocenters. The van der Waals surface area contributed by atoms with Crippen molar-refractivity contribution in [2.75, 3.05) is 26.2 Å². The van der Waals surface area contributed by atoms with Crippen molar-refractivity contribution < 1.29 is 17.9 Å². The van der Waals surface area contributed by atoms with E-state index in [-0.39, 0.29) is 36.6 Å². The van der Waals surface area contributed by atoms with Gasteiger partial charge >= 0.3 is 6.36 Å². The molecular weight excluding hydrogens is 438 g/mol. The van der Waals surface area contributed by atoms with E-state index in [2.05, 4.69) is 37.9 Å². The number of hydrogen-bond donors (Lipinski definition) is 1. The van der Waals surface area contributed by atoms with Crippen LogP contribution in [0.4, 0.5) is 13.2 Å². The Morgan fingerprint density at radius 3 is 2.23 bits per heavy atom. The highest BCUT2D eigenvalue weighted by molar-refractivity contribution is 5.86. The summed E-state index contributed by atoms with van der Waals surface area (Å²) in [5.74, 6) is -0.201. The largest absolute Gasteiger partial charge is 0.573 e. The number of piperazine rings is 1. The molecule has 2 heterocycles. The van der Waals surface area contributed by atoms with Gasteiger partial charge in [0.1, 0.15) is 5.75 Å². The molecule has 1 N–H and O–H groups in total. The molecule has 0 spiro atoms. The quantitative estimate of drug-likeness (QED) is 0.598. The summed E-state index contributed by atoms with van der Waals surface area (Å²) >= 11 is 0. The number of aryl methyl sites for hydroxylation is 1. The van der Waals surface area contributed by atoms with Crippen molar-refractivity contribution in [1.82, 2.24) is 14.8 Å². The van der Waals surface area contributed by atoms with Crippen molar-refractivity contribution >= 4 is 35.7 Å². The lowest BCUT2D eigenvalue weighted by Gasteiger charge is -2.35. The lowest BCUT2D eigenvalue weighted by atomic mass is 9.96. The fraction of sp³-hybridized carbons (Fsp3) is 0.333. The maximum atomic E-state index is 12.5. The molecule has 0 unspecified atom stereocenters. The highest BCUT2D eigenvalue weighted by Gasteiger charge is 2.31. The number of halogens is 5. The minimum Gasteiger partial charge on any atom is -0.406 e. The lowest BCUT2D eigenvalue weighted by molar-refractivity contribution is -0.274. The van der Waals surface area contributed by atoms with E-state index >= 15 is 0 Å². The van der Waals surface area contributed by atoms with Crippen LogP contribution < -0.4 is 10.1 Å². The predicted molar refractivity (Wildman–Crippen MR) is 117 cm³/mol. The molecular formula is C21H24Cl2F3N3O. The smallest absolute Gasteiger partial charge is 0.406 e. The highest BCUT2D eigenvalue weighted by Crippen LogP contribution is 2.36. The maximum Gasteiger partial charge on any atom is 0.573 e. The number of fused-ring (bicyclic) bond motifs is 1. The van der Waals surface area contributed by atoms with E-state index in [0.29, 0.717) is 0 Å². The zero-order chi connectivity index (χ0) is 19.7. The van der Waals surface area contributed by atoms with Crippen LogP contribution >= 0.6 is 24.8 Å². The summed E-state index contributed by atoms with van der Waals surface area (Å²) in [6.07, 6.45) is -2.56. The van der Waals surface area contributed by atoms with Crippen LogP contribution in [0.5, 0.6) is 5.75 Å². The standard InChI is InChI=1S/C21H22F3N3O.2ClH/c1-26-14-18(17-4-2-3-5-19(17)26)20(27-12-10-25-11-13-27)15-6-8-16(9-7-15)28-21(22,23)24;;/h2-9,14,20,25H,10-13H2,1H3;2*1H/t20-;;/m1../s1. The summed E-state index contributed by atoms with van der Waals surface area (Å²) in [6, 6.07) is 14.4. The average Bonchev–Trinajstić information content (AvgIpc) is 3.00. The Kier molecular flexibility index (Phi) is 8.05. The van der Waals surface area contributed by atoms with E-state index in [1.54, 1.807) is 12.1 Å². The van der Waals surface area contributed by atoms with E-state index < -0.39 is 6.36 Å². The molecule has 0 amide bonds. The SMILES string of the molecule is Cl.Cl.Cn1cc([C@@H](c2ccc(OC(F)(F)F)cc2)N2CCNCC2)c2ccccc21. The van der Waals surface area contributed by atoms with Crippen LogP contribution in [-0.2, 0) is 7.05 Å². The number of nitrogens with zero attached hydrogens (tertiary/aromatic N) is 2. The van der Waals surface area contributed by atoms with Gasteiger partial charge in [-0.05, 0) is 29.3 Å². The number of nitrogens with one attached hydrogen (secondary N) is 1. The second-order valence-electron chi connectivity index (χ2n) is 7.02. The van der Waals surface area contributed by atoms with Crippen LogP contribution in [0.25, 0.3) is 10.9 Å². The third kappa shape index (κ3) is 5.21. The Balaban J connectivity index is 0.00000160. The summed E-state index contributed by atoms with van der Waals surface area (Å²) in [7, 11) is 2.01. The first-order chi connectivity index (χ1) is 13.4. The summed E-state index contributed by atoms with van der Waals surface area (Å²) in [6.45, 7) is 3.51. The number of rotatable bonds is 4. The summed E-state index contributed by atoms with van der Waals surface area (Å²) in [5, 5.41) is 4.51.